The third-order valence-corrected chi connectivity index (χ3v) is 5.28. The van der Waals surface area contributed by atoms with Gasteiger partial charge >= 0.3 is 6.18 Å². The standard InChI is InChI=1S/C22H21F3N4O2/c23-22(24,25)17-7-3-5-15(11-17)12-19-27-20(31-28-19)14-29-10-4-6-16(13-29)21(30)18-8-1-2-9-26-18/h1-3,5,7-9,11,16H,4,6,10,12-14H2/t16-/m1/s1. The Bertz CT molecular complexity index is 1040. The normalized spacial score (nSPS) is 17.6. The van der Waals surface area contributed by atoms with Crippen LogP contribution in [-0.4, -0.2) is 38.9 Å². The van der Waals surface area contributed by atoms with E-state index in [4.69, 9.17) is 4.52 Å². The first-order valence-electron chi connectivity index (χ1n) is 10.0. The Morgan fingerprint density at radius 1 is 1.19 bits per heavy atom. The van der Waals surface area contributed by atoms with E-state index in [1.807, 2.05) is 0 Å². The number of carbonyl (C=O) groups is 1. The number of benzene rings is 1. The molecule has 0 spiro atoms. The smallest absolute Gasteiger partial charge is 0.338 e. The van der Waals surface area contributed by atoms with Gasteiger partial charge < -0.3 is 4.52 Å². The second-order valence-corrected chi connectivity index (χ2v) is 7.63. The fraction of sp³-hybridized carbons (Fsp3) is 0.364. The van der Waals surface area contributed by atoms with Crippen molar-refractivity contribution in [1.82, 2.24) is 20.0 Å². The predicted molar refractivity (Wildman–Crippen MR) is 105 cm³/mol. The van der Waals surface area contributed by atoms with Crippen molar-refractivity contribution in [2.45, 2.75) is 32.0 Å². The molecule has 4 rings (SSSR count). The summed E-state index contributed by atoms with van der Waals surface area (Å²) in [6.45, 7) is 1.76. The Morgan fingerprint density at radius 2 is 2.06 bits per heavy atom. The quantitative estimate of drug-likeness (QED) is 0.547. The fourth-order valence-electron chi connectivity index (χ4n) is 3.79. The largest absolute Gasteiger partial charge is 0.416 e. The molecule has 1 atom stereocenters. The molecule has 3 heterocycles. The molecule has 3 aromatic rings. The predicted octanol–water partition coefficient (Wildman–Crippen LogP) is 4.17. The van der Waals surface area contributed by atoms with Gasteiger partial charge in [-0.25, -0.2) is 0 Å². The van der Waals surface area contributed by atoms with Gasteiger partial charge in [0, 0.05) is 25.1 Å². The summed E-state index contributed by atoms with van der Waals surface area (Å²) >= 11 is 0. The van der Waals surface area contributed by atoms with Crippen molar-refractivity contribution in [3.05, 3.63) is 77.2 Å². The average molecular weight is 430 g/mol. The summed E-state index contributed by atoms with van der Waals surface area (Å²) in [5, 5.41) is 3.90. The minimum absolute atomic E-state index is 0.0288. The topological polar surface area (TPSA) is 72.1 Å². The monoisotopic (exact) mass is 430 g/mol. The molecule has 1 aliphatic heterocycles. The van der Waals surface area contributed by atoms with Crippen molar-refractivity contribution in [1.29, 1.82) is 0 Å². The number of nitrogens with zero attached hydrogens (tertiary/aromatic N) is 4. The van der Waals surface area contributed by atoms with Crippen LogP contribution in [0.15, 0.2) is 53.2 Å². The lowest BCUT2D eigenvalue weighted by Gasteiger charge is -2.30. The van der Waals surface area contributed by atoms with Crippen LogP contribution in [0.2, 0.25) is 0 Å². The van der Waals surface area contributed by atoms with Gasteiger partial charge in [0.15, 0.2) is 11.6 Å². The number of carbonyl (C=O) groups excluding carboxylic acids is 1. The number of rotatable bonds is 6. The number of pyridine rings is 1. The van der Waals surface area contributed by atoms with Crippen molar-refractivity contribution in [3.8, 4) is 0 Å². The highest BCUT2D eigenvalue weighted by Crippen LogP contribution is 2.30. The van der Waals surface area contributed by atoms with E-state index >= 15 is 0 Å². The van der Waals surface area contributed by atoms with E-state index in [9.17, 15) is 18.0 Å². The number of likely N-dealkylation sites (tertiary alicyclic amines) is 1. The van der Waals surface area contributed by atoms with E-state index in [2.05, 4.69) is 20.0 Å². The molecule has 6 nitrogen and oxygen atoms in total. The SMILES string of the molecule is O=C(c1ccccn1)[C@@H]1CCCN(Cc2nc(Cc3cccc(C(F)(F)F)c3)no2)C1. The van der Waals surface area contributed by atoms with Gasteiger partial charge in [0.25, 0.3) is 0 Å². The summed E-state index contributed by atoms with van der Waals surface area (Å²) in [4.78, 5) is 23.2. The van der Waals surface area contributed by atoms with Crippen LogP contribution in [0, 0.1) is 5.92 Å². The Labute approximate surface area is 177 Å². The lowest BCUT2D eigenvalue weighted by atomic mass is 9.92. The highest BCUT2D eigenvalue weighted by molar-refractivity contribution is 5.96. The third-order valence-electron chi connectivity index (χ3n) is 5.28. The van der Waals surface area contributed by atoms with Gasteiger partial charge in [0.2, 0.25) is 5.89 Å². The van der Waals surface area contributed by atoms with Crippen LogP contribution >= 0.6 is 0 Å². The van der Waals surface area contributed by atoms with Gasteiger partial charge in [-0.3, -0.25) is 14.7 Å². The molecule has 2 aromatic heterocycles. The van der Waals surface area contributed by atoms with E-state index < -0.39 is 11.7 Å². The molecule has 162 valence electrons. The number of piperidine rings is 1. The van der Waals surface area contributed by atoms with Gasteiger partial charge in [-0.05, 0) is 43.1 Å². The minimum atomic E-state index is -4.39. The van der Waals surface area contributed by atoms with E-state index in [0.717, 1.165) is 31.5 Å². The maximum Gasteiger partial charge on any atom is 0.416 e. The van der Waals surface area contributed by atoms with Crippen molar-refractivity contribution in [2.24, 2.45) is 5.92 Å². The number of hydrogen-bond acceptors (Lipinski definition) is 6. The van der Waals surface area contributed by atoms with Gasteiger partial charge in [-0.2, -0.15) is 18.2 Å². The van der Waals surface area contributed by atoms with Crippen LogP contribution < -0.4 is 0 Å². The van der Waals surface area contributed by atoms with Gasteiger partial charge in [-0.1, -0.05) is 29.4 Å². The molecule has 9 heteroatoms. The Hall–Kier alpha value is -3.07. The zero-order chi connectivity index (χ0) is 21.8. The molecular weight excluding hydrogens is 409 g/mol. The van der Waals surface area contributed by atoms with Crippen molar-refractivity contribution in [3.63, 3.8) is 0 Å². The number of aromatic nitrogens is 3. The van der Waals surface area contributed by atoms with Crippen LogP contribution in [0.25, 0.3) is 0 Å². The zero-order valence-electron chi connectivity index (χ0n) is 16.7. The van der Waals surface area contributed by atoms with Crippen LogP contribution in [0.3, 0.4) is 0 Å². The molecule has 0 saturated carbocycles. The molecule has 0 amide bonds. The van der Waals surface area contributed by atoms with Gasteiger partial charge in [0.1, 0.15) is 5.69 Å². The first kappa shape index (κ1) is 21.2. The number of halogens is 3. The summed E-state index contributed by atoms with van der Waals surface area (Å²) in [6.07, 6.45) is -0.965. The second-order valence-electron chi connectivity index (χ2n) is 7.63. The molecule has 31 heavy (non-hydrogen) atoms. The van der Waals surface area contributed by atoms with Gasteiger partial charge in [0.05, 0.1) is 12.1 Å². The summed E-state index contributed by atoms with van der Waals surface area (Å²) < 4.78 is 43.9. The molecule has 0 aliphatic carbocycles. The molecule has 1 aromatic carbocycles. The average Bonchev–Trinajstić information content (AvgIpc) is 3.20. The van der Waals surface area contributed by atoms with Crippen LogP contribution in [0.5, 0.6) is 0 Å². The number of hydrogen-bond donors (Lipinski definition) is 0. The molecule has 1 fully saturated rings. The van der Waals surface area contributed by atoms with Crippen LogP contribution in [0.1, 0.15) is 46.2 Å². The summed E-state index contributed by atoms with van der Waals surface area (Å²) in [5.74, 6) is 0.595. The van der Waals surface area contributed by atoms with Crippen LogP contribution in [-0.2, 0) is 19.1 Å². The summed E-state index contributed by atoms with van der Waals surface area (Å²) in [5.41, 5.74) is 0.224. The van der Waals surface area contributed by atoms with E-state index in [0.29, 0.717) is 36.1 Å². The zero-order valence-corrected chi connectivity index (χ0v) is 16.7. The Balaban J connectivity index is 1.37. The Kier molecular flexibility index (Phi) is 6.13. The van der Waals surface area contributed by atoms with E-state index in [1.165, 1.54) is 6.07 Å². The molecule has 0 unspecified atom stereocenters. The molecule has 1 saturated heterocycles. The first-order chi connectivity index (χ1) is 14.9. The molecular formula is C22H21F3N4O2. The van der Waals surface area contributed by atoms with E-state index in [-0.39, 0.29) is 18.1 Å². The maximum atomic E-state index is 12.9. The van der Waals surface area contributed by atoms with Crippen LogP contribution in [0.4, 0.5) is 13.2 Å². The molecule has 1 aliphatic rings. The van der Waals surface area contributed by atoms with E-state index in [1.54, 1.807) is 30.5 Å². The number of alkyl halides is 3. The second kappa shape index (κ2) is 8.97. The molecule has 0 radical (unpaired) electrons. The molecule has 0 bridgehead atoms. The summed E-state index contributed by atoms with van der Waals surface area (Å²) in [7, 11) is 0. The molecule has 0 N–H and O–H groups in total. The first-order valence-corrected chi connectivity index (χ1v) is 10.0. The van der Waals surface area contributed by atoms with Crippen molar-refractivity contribution in [2.75, 3.05) is 13.1 Å². The summed E-state index contributed by atoms with van der Waals surface area (Å²) in [6, 6.07) is 10.4. The maximum absolute atomic E-state index is 12.9. The number of Topliss-reactive ketones (excluding diaryl/α,β-unsaturated/α-hetero) is 1. The van der Waals surface area contributed by atoms with Crippen molar-refractivity contribution >= 4 is 5.78 Å². The van der Waals surface area contributed by atoms with Crippen molar-refractivity contribution < 1.29 is 22.5 Å². The lowest BCUT2D eigenvalue weighted by molar-refractivity contribution is -0.137. The fourth-order valence-corrected chi connectivity index (χ4v) is 3.79. The van der Waals surface area contributed by atoms with Gasteiger partial charge in [-0.15, -0.1) is 0 Å². The highest BCUT2D eigenvalue weighted by atomic mass is 19.4. The minimum Gasteiger partial charge on any atom is -0.338 e. The third kappa shape index (κ3) is 5.35. The Morgan fingerprint density at radius 3 is 2.84 bits per heavy atom. The number of ketones is 1. The highest BCUT2D eigenvalue weighted by Gasteiger charge is 2.31. The lowest BCUT2D eigenvalue weighted by Crippen LogP contribution is -2.38.